The van der Waals surface area contributed by atoms with Crippen molar-refractivity contribution in [3.63, 3.8) is 0 Å². The molecule has 0 bridgehead atoms. The highest BCUT2D eigenvalue weighted by atomic mass is 32.1. The van der Waals surface area contributed by atoms with Crippen LogP contribution < -0.4 is 5.32 Å². The van der Waals surface area contributed by atoms with Gasteiger partial charge in [0.25, 0.3) is 5.91 Å². The van der Waals surface area contributed by atoms with E-state index in [9.17, 15) is 18.8 Å². The van der Waals surface area contributed by atoms with E-state index in [1.54, 1.807) is 12.1 Å². The number of halogens is 1. The second-order valence-electron chi connectivity index (χ2n) is 6.11. The number of hydrogen-bond acceptors (Lipinski definition) is 6. The number of carbonyl (C=O) groups is 3. The van der Waals surface area contributed by atoms with E-state index in [4.69, 9.17) is 4.74 Å². The van der Waals surface area contributed by atoms with Crippen LogP contribution in [0.2, 0.25) is 0 Å². The lowest BCUT2D eigenvalue weighted by molar-refractivity contribution is -0.145. The molecule has 0 aliphatic carbocycles. The van der Waals surface area contributed by atoms with Gasteiger partial charge in [0.15, 0.2) is 6.61 Å². The second kappa shape index (κ2) is 8.75. The Kier molecular flexibility index (Phi) is 6.68. The highest BCUT2D eigenvalue weighted by Crippen LogP contribution is 2.28. The summed E-state index contributed by atoms with van der Waals surface area (Å²) in [5.41, 5.74) is 0. The zero-order chi connectivity index (χ0) is 19.3. The average molecular weight is 381 g/mol. The van der Waals surface area contributed by atoms with Gasteiger partial charge in [0.1, 0.15) is 16.7 Å². The van der Waals surface area contributed by atoms with Gasteiger partial charge in [0.2, 0.25) is 0 Å². The molecule has 0 saturated heterocycles. The molecule has 0 spiro atoms. The first kappa shape index (κ1) is 19.8. The van der Waals surface area contributed by atoms with Crippen LogP contribution in [-0.2, 0) is 19.1 Å². The number of ether oxygens (including phenoxy) is 2. The zero-order valence-electron chi connectivity index (χ0n) is 14.7. The van der Waals surface area contributed by atoms with E-state index in [1.165, 1.54) is 19.2 Å². The van der Waals surface area contributed by atoms with Gasteiger partial charge in [0, 0.05) is 10.1 Å². The van der Waals surface area contributed by atoms with Crippen molar-refractivity contribution in [1.82, 2.24) is 5.32 Å². The Morgan fingerprint density at radius 1 is 1.27 bits per heavy atom. The topological polar surface area (TPSA) is 81.7 Å². The van der Waals surface area contributed by atoms with Gasteiger partial charge in [-0.1, -0.05) is 19.9 Å². The average Bonchev–Trinajstić information content (AvgIpc) is 3.03. The third-order valence-corrected chi connectivity index (χ3v) is 4.65. The van der Waals surface area contributed by atoms with Crippen LogP contribution in [0.4, 0.5) is 4.39 Å². The summed E-state index contributed by atoms with van der Waals surface area (Å²) in [6, 6.07) is 5.15. The number of fused-ring (bicyclic) bond motifs is 1. The number of esters is 2. The maximum Gasteiger partial charge on any atom is 0.348 e. The van der Waals surface area contributed by atoms with E-state index < -0.39 is 36.3 Å². The number of thiophene rings is 1. The number of amides is 1. The highest BCUT2D eigenvalue weighted by Gasteiger charge is 2.23. The van der Waals surface area contributed by atoms with Crippen LogP contribution in [0.5, 0.6) is 0 Å². The van der Waals surface area contributed by atoms with E-state index in [1.807, 2.05) is 13.8 Å². The van der Waals surface area contributed by atoms with Crippen LogP contribution in [0.1, 0.15) is 29.9 Å². The molecule has 26 heavy (non-hydrogen) atoms. The number of nitrogens with one attached hydrogen (secondary N) is 1. The molecule has 2 rings (SSSR count). The number of hydrogen-bond donors (Lipinski definition) is 1. The number of rotatable bonds is 7. The Hall–Kier alpha value is -2.48. The normalized spacial score (nSPS) is 12.0. The molecule has 0 fully saturated rings. The van der Waals surface area contributed by atoms with Gasteiger partial charge in [-0.05, 0) is 30.5 Å². The minimum absolute atomic E-state index is 0.162. The molecule has 0 radical (unpaired) electrons. The minimum atomic E-state index is -0.801. The van der Waals surface area contributed by atoms with Crippen molar-refractivity contribution in [2.24, 2.45) is 5.92 Å². The van der Waals surface area contributed by atoms with Crippen LogP contribution in [0, 0.1) is 11.7 Å². The molecule has 1 N–H and O–H groups in total. The molecule has 0 unspecified atom stereocenters. The van der Waals surface area contributed by atoms with E-state index in [0.717, 1.165) is 11.3 Å². The van der Waals surface area contributed by atoms with Crippen molar-refractivity contribution in [2.45, 2.75) is 26.3 Å². The van der Waals surface area contributed by atoms with Gasteiger partial charge in [-0.3, -0.25) is 4.79 Å². The summed E-state index contributed by atoms with van der Waals surface area (Å²) in [5, 5.41) is 2.82. The van der Waals surface area contributed by atoms with Gasteiger partial charge >= 0.3 is 11.9 Å². The smallest absolute Gasteiger partial charge is 0.348 e. The summed E-state index contributed by atoms with van der Waals surface area (Å²) in [6.07, 6.45) is 0.405. The van der Waals surface area contributed by atoms with Crippen molar-refractivity contribution in [3.05, 3.63) is 35.0 Å². The molecule has 1 aromatic heterocycles. The predicted molar refractivity (Wildman–Crippen MR) is 95.5 cm³/mol. The Balaban J connectivity index is 1.95. The summed E-state index contributed by atoms with van der Waals surface area (Å²) in [5.74, 6) is -2.15. The lowest BCUT2D eigenvalue weighted by Gasteiger charge is -2.18. The molecule has 1 heterocycles. The molecule has 0 saturated carbocycles. The summed E-state index contributed by atoms with van der Waals surface area (Å²) in [7, 11) is 1.24. The van der Waals surface area contributed by atoms with Crippen molar-refractivity contribution in [2.75, 3.05) is 13.7 Å². The standard InChI is InChI=1S/C18H20FNO5S/c1-10(2)7-13(17(22)24-3)20-16(21)9-25-18(23)15-8-11-12(19)5-4-6-14(11)26-15/h4-6,8,10,13H,7,9H2,1-3H3,(H,20,21)/t13-/m0/s1. The number of benzene rings is 1. The highest BCUT2D eigenvalue weighted by molar-refractivity contribution is 7.20. The van der Waals surface area contributed by atoms with Crippen LogP contribution in [-0.4, -0.2) is 37.6 Å². The number of carbonyl (C=O) groups excluding carboxylic acids is 3. The molecule has 6 nitrogen and oxygen atoms in total. The quantitative estimate of drug-likeness (QED) is 0.746. The summed E-state index contributed by atoms with van der Waals surface area (Å²) >= 11 is 1.08. The fourth-order valence-corrected chi connectivity index (χ4v) is 3.36. The summed E-state index contributed by atoms with van der Waals surface area (Å²) in [4.78, 5) is 35.9. The summed E-state index contributed by atoms with van der Waals surface area (Å²) < 4.78 is 23.9. The molecule has 2 aromatic rings. The van der Waals surface area contributed by atoms with Crippen LogP contribution in [0.25, 0.3) is 10.1 Å². The summed E-state index contributed by atoms with van der Waals surface area (Å²) in [6.45, 7) is 3.27. The molecule has 140 valence electrons. The van der Waals surface area contributed by atoms with E-state index >= 15 is 0 Å². The first-order valence-corrected chi connectivity index (χ1v) is 8.85. The molecule has 8 heteroatoms. The van der Waals surface area contributed by atoms with Gasteiger partial charge < -0.3 is 14.8 Å². The molecule has 0 aliphatic heterocycles. The fourth-order valence-electron chi connectivity index (χ4n) is 2.39. The molecule has 1 atom stereocenters. The maximum atomic E-state index is 13.7. The number of methoxy groups -OCH3 is 1. The van der Waals surface area contributed by atoms with Crippen molar-refractivity contribution < 1.29 is 28.2 Å². The Labute approximate surface area is 154 Å². The van der Waals surface area contributed by atoms with Gasteiger partial charge in [0.05, 0.1) is 7.11 Å². The largest absolute Gasteiger partial charge is 0.467 e. The Morgan fingerprint density at radius 3 is 2.62 bits per heavy atom. The van der Waals surface area contributed by atoms with E-state index in [2.05, 4.69) is 10.1 Å². The third-order valence-electron chi connectivity index (χ3n) is 3.57. The molecular weight excluding hydrogens is 361 g/mol. The van der Waals surface area contributed by atoms with Crippen LogP contribution in [0.3, 0.4) is 0 Å². The maximum absolute atomic E-state index is 13.7. The first-order chi connectivity index (χ1) is 12.3. The van der Waals surface area contributed by atoms with Crippen molar-refractivity contribution in [1.29, 1.82) is 0 Å². The Bertz CT molecular complexity index is 817. The van der Waals surface area contributed by atoms with Gasteiger partial charge in [-0.25, -0.2) is 14.0 Å². The molecule has 1 amide bonds. The lowest BCUT2D eigenvalue weighted by Crippen LogP contribution is -2.44. The lowest BCUT2D eigenvalue weighted by atomic mass is 10.0. The van der Waals surface area contributed by atoms with Gasteiger partial charge in [-0.15, -0.1) is 11.3 Å². The fraction of sp³-hybridized carbons (Fsp3) is 0.389. The van der Waals surface area contributed by atoms with Crippen LogP contribution in [0.15, 0.2) is 24.3 Å². The van der Waals surface area contributed by atoms with E-state index in [0.29, 0.717) is 16.5 Å². The minimum Gasteiger partial charge on any atom is -0.467 e. The van der Waals surface area contributed by atoms with E-state index in [-0.39, 0.29) is 10.8 Å². The van der Waals surface area contributed by atoms with Crippen molar-refractivity contribution in [3.8, 4) is 0 Å². The molecule has 0 aliphatic rings. The van der Waals surface area contributed by atoms with Crippen molar-refractivity contribution >= 4 is 39.3 Å². The molecule has 1 aromatic carbocycles. The SMILES string of the molecule is COC(=O)[C@H](CC(C)C)NC(=O)COC(=O)c1cc2c(F)cccc2s1. The first-order valence-electron chi connectivity index (χ1n) is 8.04. The second-order valence-corrected chi connectivity index (χ2v) is 7.20. The molecular formula is C18H20FNO5S. The zero-order valence-corrected chi connectivity index (χ0v) is 15.5. The predicted octanol–water partition coefficient (Wildman–Crippen LogP) is 2.90. The van der Waals surface area contributed by atoms with Gasteiger partial charge in [-0.2, -0.15) is 0 Å². The third kappa shape index (κ3) is 5.01. The van der Waals surface area contributed by atoms with Crippen LogP contribution >= 0.6 is 11.3 Å². The Morgan fingerprint density at radius 2 is 2.00 bits per heavy atom. The monoisotopic (exact) mass is 381 g/mol.